The van der Waals surface area contributed by atoms with Crippen LogP contribution < -0.4 is 5.32 Å². The number of hydrogen-bond acceptors (Lipinski definition) is 4. The van der Waals surface area contributed by atoms with Gasteiger partial charge in [-0.3, -0.25) is 4.79 Å². The monoisotopic (exact) mass is 454 g/mol. The molecule has 2 aromatic rings. The molecule has 9 heteroatoms. The van der Waals surface area contributed by atoms with Gasteiger partial charge < -0.3 is 9.88 Å². The van der Waals surface area contributed by atoms with Gasteiger partial charge in [-0.25, -0.2) is 13.4 Å². The van der Waals surface area contributed by atoms with Gasteiger partial charge in [0.05, 0.1) is 11.2 Å². The second-order valence-corrected chi connectivity index (χ2v) is 9.43. The predicted molar refractivity (Wildman–Crippen MR) is 105 cm³/mol. The van der Waals surface area contributed by atoms with E-state index in [0.717, 1.165) is 17.4 Å². The van der Waals surface area contributed by atoms with Crippen molar-refractivity contribution in [3.05, 3.63) is 47.5 Å². The highest BCUT2D eigenvalue weighted by atomic mass is 79.9. The molecule has 0 aliphatic carbocycles. The van der Waals surface area contributed by atoms with E-state index >= 15 is 0 Å². The summed E-state index contributed by atoms with van der Waals surface area (Å²) < 4.78 is 29.7. The lowest BCUT2D eigenvalue weighted by atomic mass is 9.97. The summed E-state index contributed by atoms with van der Waals surface area (Å²) in [5.74, 6) is -0.115. The summed E-state index contributed by atoms with van der Waals surface area (Å²) in [6.07, 6.45) is 7.30. The van der Waals surface area contributed by atoms with Crippen molar-refractivity contribution >= 4 is 31.9 Å². The fourth-order valence-corrected chi connectivity index (χ4v) is 4.88. The molecule has 0 unspecified atom stereocenters. The fraction of sp³-hybridized carbons (Fsp3) is 0.444. The first-order valence-electron chi connectivity index (χ1n) is 8.96. The topological polar surface area (TPSA) is 84.3 Å². The smallest absolute Gasteiger partial charge is 0.243 e. The second-order valence-electron chi connectivity index (χ2n) is 6.58. The number of piperidine rings is 1. The third-order valence-electron chi connectivity index (χ3n) is 4.73. The Labute approximate surface area is 168 Å². The van der Waals surface area contributed by atoms with Crippen LogP contribution in [0.2, 0.25) is 0 Å². The van der Waals surface area contributed by atoms with E-state index in [9.17, 15) is 13.2 Å². The van der Waals surface area contributed by atoms with Gasteiger partial charge in [-0.2, -0.15) is 4.31 Å². The third kappa shape index (κ3) is 5.18. The maximum absolute atomic E-state index is 12.7. The Morgan fingerprint density at radius 1 is 1.22 bits per heavy atom. The molecular formula is C18H23BrN4O3S. The number of rotatable bonds is 7. The Kier molecular flexibility index (Phi) is 6.67. The molecule has 0 radical (unpaired) electrons. The van der Waals surface area contributed by atoms with Gasteiger partial charge >= 0.3 is 0 Å². The Bertz CT molecular complexity index is 845. The Hall–Kier alpha value is -1.71. The molecule has 1 aromatic carbocycles. The number of carbonyl (C=O) groups is 1. The zero-order valence-corrected chi connectivity index (χ0v) is 17.3. The van der Waals surface area contributed by atoms with Crippen LogP contribution in [0.5, 0.6) is 0 Å². The highest BCUT2D eigenvalue weighted by molar-refractivity contribution is 9.10. The summed E-state index contributed by atoms with van der Waals surface area (Å²) in [4.78, 5) is 16.6. The molecule has 3 rings (SSSR count). The van der Waals surface area contributed by atoms with Crippen molar-refractivity contribution in [3.8, 4) is 0 Å². The van der Waals surface area contributed by atoms with Crippen LogP contribution in [0, 0.1) is 5.92 Å². The zero-order valence-electron chi connectivity index (χ0n) is 14.9. The van der Waals surface area contributed by atoms with E-state index < -0.39 is 10.0 Å². The summed E-state index contributed by atoms with van der Waals surface area (Å²) in [6, 6.07) is 6.63. The van der Waals surface area contributed by atoms with Crippen LogP contribution in [-0.4, -0.2) is 47.8 Å². The van der Waals surface area contributed by atoms with Gasteiger partial charge in [-0.05, 0) is 43.5 Å². The number of benzene rings is 1. The minimum Gasteiger partial charge on any atom is -0.356 e. The zero-order chi connectivity index (χ0) is 19.3. The van der Waals surface area contributed by atoms with Crippen molar-refractivity contribution < 1.29 is 13.2 Å². The van der Waals surface area contributed by atoms with Crippen molar-refractivity contribution in [2.24, 2.45) is 5.92 Å². The number of nitrogens with zero attached hydrogens (tertiary/aromatic N) is 3. The number of carbonyl (C=O) groups excluding carboxylic acids is 1. The quantitative estimate of drug-likeness (QED) is 0.650. The number of sulfonamides is 1. The van der Waals surface area contributed by atoms with E-state index in [1.54, 1.807) is 36.8 Å². The maximum Gasteiger partial charge on any atom is 0.243 e. The van der Waals surface area contributed by atoms with E-state index in [1.807, 2.05) is 10.8 Å². The van der Waals surface area contributed by atoms with Crippen molar-refractivity contribution in [1.29, 1.82) is 0 Å². The number of amides is 1. The van der Waals surface area contributed by atoms with Gasteiger partial charge in [0.25, 0.3) is 0 Å². The molecule has 1 aliphatic rings. The molecule has 0 spiro atoms. The first kappa shape index (κ1) is 20.0. The number of halogens is 1. The highest BCUT2D eigenvalue weighted by Gasteiger charge is 2.31. The summed E-state index contributed by atoms with van der Waals surface area (Å²) in [6.45, 7) is 2.15. The van der Waals surface area contributed by atoms with Gasteiger partial charge in [-0.1, -0.05) is 15.9 Å². The molecular weight excluding hydrogens is 432 g/mol. The fourth-order valence-electron chi connectivity index (χ4n) is 3.15. The summed E-state index contributed by atoms with van der Waals surface area (Å²) in [7, 11) is -3.50. The van der Waals surface area contributed by atoms with E-state index in [1.165, 1.54) is 4.31 Å². The van der Waals surface area contributed by atoms with Crippen molar-refractivity contribution in [2.75, 3.05) is 19.6 Å². The molecule has 1 saturated heterocycles. The molecule has 146 valence electrons. The lowest BCUT2D eigenvalue weighted by Gasteiger charge is -2.30. The predicted octanol–water partition coefficient (Wildman–Crippen LogP) is 2.25. The van der Waals surface area contributed by atoms with Crippen LogP contribution in [0.25, 0.3) is 0 Å². The van der Waals surface area contributed by atoms with Gasteiger partial charge in [0.2, 0.25) is 15.9 Å². The molecule has 27 heavy (non-hydrogen) atoms. The maximum atomic E-state index is 12.7. The van der Waals surface area contributed by atoms with Crippen molar-refractivity contribution in [3.63, 3.8) is 0 Å². The van der Waals surface area contributed by atoms with Gasteiger partial charge in [0.1, 0.15) is 0 Å². The molecule has 1 aromatic heterocycles. The first-order chi connectivity index (χ1) is 13.0. The number of aryl methyl sites for hydroxylation is 1. The summed E-state index contributed by atoms with van der Waals surface area (Å²) in [5.41, 5.74) is 0. The first-order valence-corrected chi connectivity index (χ1v) is 11.2. The Morgan fingerprint density at radius 2 is 1.93 bits per heavy atom. The van der Waals surface area contributed by atoms with Crippen LogP contribution in [0.1, 0.15) is 19.3 Å². The molecule has 1 fully saturated rings. The van der Waals surface area contributed by atoms with Gasteiger partial charge in [-0.15, -0.1) is 0 Å². The van der Waals surface area contributed by atoms with Crippen LogP contribution in [-0.2, 0) is 21.4 Å². The largest absolute Gasteiger partial charge is 0.356 e. The van der Waals surface area contributed by atoms with Crippen LogP contribution in [0.3, 0.4) is 0 Å². The van der Waals surface area contributed by atoms with E-state index in [-0.39, 0.29) is 16.7 Å². The Morgan fingerprint density at radius 3 is 2.56 bits per heavy atom. The van der Waals surface area contributed by atoms with Gasteiger partial charge in [0, 0.05) is 49.0 Å². The lowest BCUT2D eigenvalue weighted by molar-refractivity contribution is -0.126. The van der Waals surface area contributed by atoms with Crippen molar-refractivity contribution in [1.82, 2.24) is 19.2 Å². The van der Waals surface area contributed by atoms with E-state index in [2.05, 4.69) is 26.2 Å². The minimum absolute atomic E-state index is 0.0151. The highest BCUT2D eigenvalue weighted by Crippen LogP contribution is 2.24. The number of nitrogens with one attached hydrogen (secondary N) is 1. The summed E-state index contributed by atoms with van der Waals surface area (Å²) >= 11 is 3.31. The SMILES string of the molecule is O=C(NCCCn1ccnc1)C1CCN(S(=O)(=O)c2ccc(Br)cc2)CC1. The van der Waals surface area contributed by atoms with E-state index in [4.69, 9.17) is 0 Å². The van der Waals surface area contributed by atoms with E-state index in [0.29, 0.717) is 32.5 Å². The molecule has 1 amide bonds. The summed E-state index contributed by atoms with van der Waals surface area (Å²) in [5, 5.41) is 2.96. The van der Waals surface area contributed by atoms with Crippen LogP contribution >= 0.6 is 15.9 Å². The minimum atomic E-state index is -3.50. The second kappa shape index (κ2) is 8.99. The average molecular weight is 455 g/mol. The molecule has 1 N–H and O–H groups in total. The molecule has 0 atom stereocenters. The molecule has 1 aliphatic heterocycles. The lowest BCUT2D eigenvalue weighted by Crippen LogP contribution is -2.43. The molecule has 7 nitrogen and oxygen atoms in total. The molecule has 2 heterocycles. The molecule has 0 saturated carbocycles. The number of imidazole rings is 1. The standard InChI is InChI=1S/C18H23BrN4O3S/c19-16-2-4-17(5-3-16)27(25,26)23-11-6-15(7-12-23)18(24)21-8-1-10-22-13-9-20-14-22/h2-5,9,13-15H,1,6-8,10-12H2,(H,21,24). The average Bonchev–Trinajstić information content (AvgIpc) is 3.19. The van der Waals surface area contributed by atoms with Crippen molar-refractivity contribution in [2.45, 2.75) is 30.7 Å². The third-order valence-corrected chi connectivity index (χ3v) is 7.17. The number of aromatic nitrogens is 2. The van der Waals surface area contributed by atoms with Gasteiger partial charge in [0.15, 0.2) is 0 Å². The normalized spacial score (nSPS) is 16.3. The number of hydrogen-bond donors (Lipinski definition) is 1. The van der Waals surface area contributed by atoms with Crippen LogP contribution in [0.4, 0.5) is 0 Å². The van der Waals surface area contributed by atoms with Crippen LogP contribution in [0.15, 0.2) is 52.4 Å². The Balaban J connectivity index is 1.45. The molecule has 0 bridgehead atoms.